The minimum atomic E-state index is -3.51. The van der Waals surface area contributed by atoms with Crippen molar-refractivity contribution in [3.63, 3.8) is 0 Å². The molecule has 4 N–H and O–H groups in total. The maximum Gasteiger partial charge on any atom is 0.308 e. The second kappa shape index (κ2) is 23.1. The maximum absolute atomic E-state index is 13.1. The van der Waals surface area contributed by atoms with Gasteiger partial charge in [-0.2, -0.15) is 23.5 Å². The van der Waals surface area contributed by atoms with E-state index in [0.29, 0.717) is 72.1 Å². The van der Waals surface area contributed by atoms with Crippen LogP contribution in [0.15, 0.2) is 107 Å². The average Bonchev–Trinajstić information content (AvgIpc) is 4.16. The van der Waals surface area contributed by atoms with Crippen molar-refractivity contribution in [2.24, 2.45) is 10.8 Å². The lowest BCUT2D eigenvalue weighted by atomic mass is 9.95. The van der Waals surface area contributed by atoms with Gasteiger partial charge in [0, 0.05) is 71.0 Å². The molecular formula is C48H60Cl2N8O7S4. The lowest BCUT2D eigenvalue weighted by molar-refractivity contribution is -0.145. The molecule has 0 saturated carbocycles. The number of carbonyl (C=O) groups excluding carboxylic acids is 1. The van der Waals surface area contributed by atoms with Gasteiger partial charge in [0.1, 0.15) is 11.6 Å². The predicted molar refractivity (Wildman–Crippen MR) is 276 cm³/mol. The molecule has 4 aromatic heterocycles. The van der Waals surface area contributed by atoms with Crippen molar-refractivity contribution >= 4 is 89.4 Å². The predicted octanol–water partition coefficient (Wildman–Crippen LogP) is 10.9. The van der Waals surface area contributed by atoms with E-state index in [1.54, 1.807) is 91.0 Å². The number of halogens is 2. The highest BCUT2D eigenvalue weighted by atomic mass is 35.5. The van der Waals surface area contributed by atoms with Crippen molar-refractivity contribution in [3.8, 4) is 0 Å². The van der Waals surface area contributed by atoms with Gasteiger partial charge in [-0.15, -0.1) is 22.7 Å². The summed E-state index contributed by atoms with van der Waals surface area (Å²) >= 11 is 15.0. The molecule has 0 spiro atoms. The zero-order valence-corrected chi connectivity index (χ0v) is 44.3. The number of aromatic amines is 1. The van der Waals surface area contributed by atoms with E-state index in [4.69, 9.17) is 28.3 Å². The quantitative estimate of drug-likeness (QED) is 0.0909. The van der Waals surface area contributed by atoms with Crippen LogP contribution in [-0.4, -0.2) is 88.6 Å². The van der Waals surface area contributed by atoms with Crippen LogP contribution in [0.25, 0.3) is 0 Å². The molecule has 0 amide bonds. The van der Waals surface area contributed by atoms with Gasteiger partial charge in [-0.3, -0.25) is 14.7 Å². The van der Waals surface area contributed by atoms with Crippen LogP contribution in [0.4, 0.5) is 11.6 Å². The van der Waals surface area contributed by atoms with Crippen LogP contribution < -0.4 is 10.6 Å². The Morgan fingerprint density at radius 1 is 0.681 bits per heavy atom. The van der Waals surface area contributed by atoms with Gasteiger partial charge in [-0.25, -0.2) is 16.8 Å². The van der Waals surface area contributed by atoms with Gasteiger partial charge in [-0.1, -0.05) is 80.4 Å². The van der Waals surface area contributed by atoms with E-state index in [1.165, 1.54) is 20.3 Å². The van der Waals surface area contributed by atoms with Crippen molar-refractivity contribution in [1.29, 1.82) is 0 Å². The first-order valence-corrected chi connectivity index (χ1v) is 27.8. The van der Waals surface area contributed by atoms with Crippen LogP contribution >= 0.6 is 45.9 Å². The van der Waals surface area contributed by atoms with Gasteiger partial charge in [0.15, 0.2) is 0 Å². The molecule has 15 nitrogen and oxygen atoms in total. The number of piperidine rings is 2. The summed E-state index contributed by atoms with van der Waals surface area (Å²) in [6.45, 7) is 13.7. The Bertz CT molecular complexity index is 2860. The number of aliphatic carboxylic acids is 1. The molecule has 6 heterocycles. The SMILES string of the molecule is CC(C)(C)C(=O)O.CC(C)(C)C(=O)n1nc(C2CCN(S(=O)(=O)c3ccccc3)CC2)cc1NCc1ccc(Cl)s1.O=S(=O)(c1ccccc1)N1CCC(c2cc(NCc3ccc(Cl)s3)n[nH]2)CC1. The molecule has 8 rings (SSSR count). The number of nitrogens with zero attached hydrogens (tertiary/aromatic N) is 5. The first-order chi connectivity index (χ1) is 32.5. The fourth-order valence-electron chi connectivity index (χ4n) is 7.36. The Morgan fingerprint density at radius 2 is 1.13 bits per heavy atom. The Labute approximate surface area is 423 Å². The van der Waals surface area contributed by atoms with Gasteiger partial charge in [-0.05, 0) is 95.0 Å². The normalized spacial score (nSPS) is 15.7. The Hall–Kier alpha value is -4.60. The standard InChI is InChI=1S/C24H29ClN4O3S2.C19H21ClN4O2S2.C5H10O2/c1-24(2,3)23(30)29-22(26-16-18-9-10-21(25)33-18)15-20(27-29)17-11-13-28(14-12-17)34(31,32)19-7-5-4-6-8-19;20-18-7-6-15(27-18)13-21-19-12-17(22-23-19)14-8-10-24(11-9-14)28(25,26)16-4-2-1-3-5-16;1-5(2,3)4(6)7/h4-10,15,17,26H,11-14,16H2,1-3H3;1-7,12,14H,8-11,13H2,(H2,21,22,23);1-3H3,(H,6,7). The lowest BCUT2D eigenvalue weighted by Gasteiger charge is -2.30. The van der Waals surface area contributed by atoms with E-state index in [1.807, 2.05) is 63.2 Å². The number of sulfonamides is 2. The smallest absolute Gasteiger partial charge is 0.308 e. The minimum absolute atomic E-state index is 0.0768. The summed E-state index contributed by atoms with van der Waals surface area (Å²) in [6, 6.07) is 28.8. The van der Waals surface area contributed by atoms with E-state index in [0.717, 1.165) is 44.1 Å². The van der Waals surface area contributed by atoms with E-state index in [2.05, 4.69) is 25.9 Å². The van der Waals surface area contributed by atoms with E-state index in [-0.39, 0.29) is 17.7 Å². The number of hydrogen-bond acceptors (Lipinski definition) is 12. The molecule has 69 heavy (non-hydrogen) atoms. The zero-order valence-electron chi connectivity index (χ0n) is 39.5. The van der Waals surface area contributed by atoms with Crippen molar-refractivity contribution in [3.05, 3.63) is 127 Å². The molecule has 2 aliphatic rings. The van der Waals surface area contributed by atoms with Crippen LogP contribution in [-0.2, 0) is 37.9 Å². The molecule has 2 saturated heterocycles. The molecule has 6 aromatic rings. The van der Waals surface area contributed by atoms with Gasteiger partial charge in [0.2, 0.25) is 20.0 Å². The van der Waals surface area contributed by atoms with Gasteiger partial charge >= 0.3 is 5.97 Å². The van der Waals surface area contributed by atoms with Crippen molar-refractivity contribution in [2.75, 3.05) is 36.8 Å². The fraction of sp³-hybridized carbons (Fsp3) is 0.417. The number of thiophene rings is 2. The molecule has 0 aliphatic carbocycles. The summed E-state index contributed by atoms with van der Waals surface area (Å²) in [5, 5.41) is 27.0. The van der Waals surface area contributed by atoms with Crippen LogP contribution in [0, 0.1) is 10.8 Å². The largest absolute Gasteiger partial charge is 0.481 e. The molecule has 372 valence electrons. The molecule has 0 unspecified atom stereocenters. The average molecular weight is 1060 g/mol. The summed E-state index contributed by atoms with van der Waals surface area (Å²) in [5.41, 5.74) is 0.670. The Morgan fingerprint density at radius 3 is 1.55 bits per heavy atom. The van der Waals surface area contributed by atoms with Gasteiger partial charge in [0.05, 0.1) is 42.7 Å². The number of carboxylic acids is 1. The Balaban J connectivity index is 0.000000202. The lowest BCUT2D eigenvalue weighted by Crippen LogP contribution is -2.38. The molecule has 21 heteroatoms. The topological polar surface area (TPSA) is 200 Å². The van der Waals surface area contributed by atoms with Crippen molar-refractivity contribution < 1.29 is 31.5 Å². The van der Waals surface area contributed by atoms with Crippen LogP contribution in [0.1, 0.15) is 105 Å². The molecule has 0 radical (unpaired) electrons. The van der Waals surface area contributed by atoms with Crippen LogP contribution in [0.5, 0.6) is 0 Å². The molecular weight excluding hydrogens is 1000 g/mol. The number of aromatic nitrogens is 4. The number of carboxylic acid groups (broad SMARTS) is 1. The number of nitrogens with one attached hydrogen (secondary N) is 3. The second-order valence-electron chi connectivity index (χ2n) is 18.8. The third kappa shape index (κ3) is 14.5. The monoisotopic (exact) mass is 1060 g/mol. The summed E-state index contributed by atoms with van der Waals surface area (Å²) in [5.74, 6) is 0.925. The third-order valence-electron chi connectivity index (χ3n) is 11.5. The Kier molecular flexibility index (Phi) is 18.0. The number of carbonyl (C=O) groups is 2. The van der Waals surface area contributed by atoms with E-state index >= 15 is 0 Å². The first kappa shape index (κ1) is 53.7. The summed E-state index contributed by atoms with van der Waals surface area (Å²) in [7, 11) is -6.92. The maximum atomic E-state index is 13.1. The minimum Gasteiger partial charge on any atom is -0.481 e. The van der Waals surface area contributed by atoms with E-state index in [9.17, 15) is 26.4 Å². The number of H-pyrrole nitrogens is 1. The van der Waals surface area contributed by atoms with Crippen molar-refractivity contribution in [2.45, 2.75) is 102 Å². The highest BCUT2D eigenvalue weighted by Gasteiger charge is 2.34. The highest BCUT2D eigenvalue weighted by molar-refractivity contribution is 7.89. The number of benzene rings is 2. The van der Waals surface area contributed by atoms with Crippen LogP contribution in [0.3, 0.4) is 0 Å². The van der Waals surface area contributed by atoms with Crippen LogP contribution in [0.2, 0.25) is 8.67 Å². The molecule has 2 aromatic carbocycles. The number of hydrogen-bond donors (Lipinski definition) is 4. The molecule has 0 bridgehead atoms. The summed E-state index contributed by atoms with van der Waals surface area (Å²) < 4.78 is 57.5. The third-order valence-corrected chi connectivity index (χ3v) is 17.8. The van der Waals surface area contributed by atoms with Gasteiger partial charge in [0.25, 0.3) is 5.91 Å². The summed E-state index contributed by atoms with van der Waals surface area (Å²) in [4.78, 5) is 26.0. The zero-order chi connectivity index (χ0) is 50.1. The van der Waals surface area contributed by atoms with Gasteiger partial charge < -0.3 is 15.7 Å². The fourth-order valence-corrected chi connectivity index (χ4v) is 12.4. The summed E-state index contributed by atoms with van der Waals surface area (Å²) in [6.07, 6.45) is 2.84. The molecule has 0 atom stereocenters. The molecule has 2 aliphatic heterocycles. The second-order valence-corrected chi connectivity index (χ2v) is 26.3. The molecule has 2 fully saturated rings. The van der Waals surface area contributed by atoms with Crippen molar-refractivity contribution in [1.82, 2.24) is 28.6 Å². The first-order valence-electron chi connectivity index (χ1n) is 22.5. The number of rotatable bonds is 12. The highest BCUT2D eigenvalue weighted by Crippen LogP contribution is 2.34. The number of anilines is 2. The van der Waals surface area contributed by atoms with E-state index < -0.39 is 36.8 Å².